The van der Waals surface area contributed by atoms with Gasteiger partial charge < -0.3 is 0 Å². The molecule has 1 rings (SSSR count). The SMILES string of the molecule is C=C(Cl)CNS(=O)(=O)c1ccc(Cl)cc1[N+](=O)[O-]. The van der Waals surface area contributed by atoms with E-state index in [1.54, 1.807) is 0 Å². The fourth-order valence-electron chi connectivity index (χ4n) is 1.11. The molecule has 18 heavy (non-hydrogen) atoms. The highest BCUT2D eigenvalue weighted by Gasteiger charge is 2.25. The van der Waals surface area contributed by atoms with Gasteiger partial charge in [0.25, 0.3) is 5.69 Å². The first-order valence-corrected chi connectivity index (χ1v) is 6.75. The van der Waals surface area contributed by atoms with Crippen molar-refractivity contribution in [2.24, 2.45) is 0 Å². The zero-order valence-electron chi connectivity index (χ0n) is 8.89. The van der Waals surface area contributed by atoms with E-state index in [1.807, 2.05) is 0 Å². The molecule has 9 heteroatoms. The maximum atomic E-state index is 11.8. The van der Waals surface area contributed by atoms with Crippen LogP contribution in [0.3, 0.4) is 0 Å². The number of nitro benzene ring substituents is 1. The fraction of sp³-hybridized carbons (Fsp3) is 0.111. The first-order valence-electron chi connectivity index (χ1n) is 4.51. The molecule has 0 atom stereocenters. The molecule has 0 aliphatic carbocycles. The van der Waals surface area contributed by atoms with Gasteiger partial charge in [0.1, 0.15) is 0 Å². The van der Waals surface area contributed by atoms with Crippen LogP contribution < -0.4 is 4.72 Å². The van der Waals surface area contributed by atoms with Gasteiger partial charge in [-0.05, 0) is 12.1 Å². The highest BCUT2D eigenvalue weighted by Crippen LogP contribution is 2.26. The number of nitrogens with one attached hydrogen (secondary N) is 1. The lowest BCUT2D eigenvalue weighted by Crippen LogP contribution is -2.25. The van der Waals surface area contributed by atoms with Gasteiger partial charge in [-0.25, -0.2) is 13.1 Å². The van der Waals surface area contributed by atoms with Crippen LogP contribution in [0.25, 0.3) is 0 Å². The summed E-state index contributed by atoms with van der Waals surface area (Å²) in [6.45, 7) is 3.09. The molecule has 1 aromatic carbocycles. The molecule has 0 aliphatic heterocycles. The van der Waals surface area contributed by atoms with Crippen LogP contribution in [0.4, 0.5) is 5.69 Å². The third-order valence-electron chi connectivity index (χ3n) is 1.86. The van der Waals surface area contributed by atoms with Gasteiger partial charge in [0.15, 0.2) is 4.90 Å². The molecule has 0 saturated carbocycles. The molecule has 0 fully saturated rings. The van der Waals surface area contributed by atoms with Crippen molar-refractivity contribution in [3.8, 4) is 0 Å². The van der Waals surface area contributed by atoms with Crippen LogP contribution in [0.2, 0.25) is 5.02 Å². The Balaban J connectivity index is 3.24. The van der Waals surface area contributed by atoms with Crippen molar-refractivity contribution in [3.05, 3.63) is 44.9 Å². The second-order valence-corrected chi connectivity index (χ2v) is 5.92. The number of nitrogens with zero attached hydrogens (tertiary/aromatic N) is 1. The first kappa shape index (κ1) is 14.9. The number of halogens is 2. The Hall–Kier alpha value is -1.15. The molecule has 0 aromatic heterocycles. The zero-order chi connectivity index (χ0) is 13.9. The summed E-state index contributed by atoms with van der Waals surface area (Å²) in [5.41, 5.74) is -0.602. The van der Waals surface area contributed by atoms with Crippen molar-refractivity contribution in [2.75, 3.05) is 6.54 Å². The molecule has 0 spiro atoms. The molecule has 0 aliphatic rings. The van der Waals surface area contributed by atoms with Crippen molar-refractivity contribution in [1.82, 2.24) is 4.72 Å². The maximum absolute atomic E-state index is 11.8. The van der Waals surface area contributed by atoms with Gasteiger partial charge in [0.05, 0.1) is 4.92 Å². The summed E-state index contributed by atoms with van der Waals surface area (Å²) in [7, 11) is -4.04. The Morgan fingerprint density at radius 2 is 2.11 bits per heavy atom. The van der Waals surface area contributed by atoms with Gasteiger partial charge in [0.2, 0.25) is 10.0 Å². The molecular weight excluding hydrogens is 303 g/mol. The molecule has 0 amide bonds. The molecular formula is C9H8Cl2N2O4S. The van der Waals surface area contributed by atoms with Crippen LogP contribution in [0.15, 0.2) is 34.7 Å². The smallest absolute Gasteiger partial charge is 0.258 e. The number of sulfonamides is 1. The molecule has 98 valence electrons. The quantitative estimate of drug-likeness (QED) is 0.667. The second kappa shape index (κ2) is 5.66. The molecule has 6 nitrogen and oxygen atoms in total. The van der Waals surface area contributed by atoms with Gasteiger partial charge in [-0.3, -0.25) is 10.1 Å². The van der Waals surface area contributed by atoms with Crippen LogP contribution in [-0.2, 0) is 10.0 Å². The van der Waals surface area contributed by atoms with Crippen molar-refractivity contribution < 1.29 is 13.3 Å². The summed E-state index contributed by atoms with van der Waals surface area (Å²) in [4.78, 5) is 9.47. The summed E-state index contributed by atoms with van der Waals surface area (Å²) in [5, 5.41) is 10.9. The normalized spacial score (nSPS) is 11.2. The fourth-order valence-corrected chi connectivity index (χ4v) is 2.60. The summed E-state index contributed by atoms with van der Waals surface area (Å²) in [5.74, 6) is 0. The van der Waals surface area contributed by atoms with Crippen molar-refractivity contribution >= 4 is 38.9 Å². The molecule has 1 N–H and O–H groups in total. The van der Waals surface area contributed by atoms with Crippen molar-refractivity contribution in [3.63, 3.8) is 0 Å². The molecule has 0 bridgehead atoms. The number of nitro groups is 1. The molecule has 0 unspecified atom stereocenters. The monoisotopic (exact) mass is 310 g/mol. The van der Waals surface area contributed by atoms with E-state index >= 15 is 0 Å². The summed E-state index contributed by atoms with van der Waals surface area (Å²) < 4.78 is 25.7. The number of benzene rings is 1. The number of rotatable bonds is 5. The van der Waals surface area contributed by atoms with E-state index < -0.39 is 25.5 Å². The summed E-state index contributed by atoms with van der Waals surface area (Å²) in [6, 6.07) is 3.27. The van der Waals surface area contributed by atoms with Gasteiger partial charge in [-0.2, -0.15) is 0 Å². The Bertz CT molecular complexity index is 601. The topological polar surface area (TPSA) is 89.3 Å². The highest BCUT2D eigenvalue weighted by molar-refractivity contribution is 7.89. The highest BCUT2D eigenvalue weighted by atomic mass is 35.5. The average molecular weight is 311 g/mol. The van der Waals surface area contributed by atoms with E-state index in [-0.39, 0.29) is 16.6 Å². The Labute approximate surface area is 113 Å². The lowest BCUT2D eigenvalue weighted by Gasteiger charge is -2.06. The van der Waals surface area contributed by atoms with E-state index in [2.05, 4.69) is 11.3 Å². The minimum absolute atomic E-state index is 0.0650. The third kappa shape index (κ3) is 3.67. The van der Waals surface area contributed by atoms with E-state index in [4.69, 9.17) is 23.2 Å². The Morgan fingerprint density at radius 3 is 2.61 bits per heavy atom. The van der Waals surface area contributed by atoms with Crippen LogP contribution >= 0.6 is 23.2 Å². The van der Waals surface area contributed by atoms with Crippen LogP contribution in [0, 0.1) is 10.1 Å². The molecule has 1 aromatic rings. The van der Waals surface area contributed by atoms with E-state index in [0.717, 1.165) is 12.1 Å². The second-order valence-electron chi connectivity index (χ2n) is 3.21. The molecule has 0 heterocycles. The molecule has 0 saturated heterocycles. The number of hydrogen-bond donors (Lipinski definition) is 1. The lowest BCUT2D eigenvalue weighted by molar-refractivity contribution is -0.387. The minimum Gasteiger partial charge on any atom is -0.258 e. The van der Waals surface area contributed by atoms with Gasteiger partial charge in [-0.15, -0.1) is 0 Å². The van der Waals surface area contributed by atoms with Crippen LogP contribution in [-0.4, -0.2) is 19.9 Å². The minimum atomic E-state index is -4.04. The maximum Gasteiger partial charge on any atom is 0.290 e. The van der Waals surface area contributed by atoms with Gasteiger partial charge in [-0.1, -0.05) is 29.8 Å². The largest absolute Gasteiger partial charge is 0.290 e. The molecule has 0 radical (unpaired) electrons. The predicted octanol–water partition coefficient (Wildman–Crippen LogP) is 2.28. The van der Waals surface area contributed by atoms with E-state index in [1.165, 1.54) is 6.07 Å². The van der Waals surface area contributed by atoms with Crippen molar-refractivity contribution in [1.29, 1.82) is 0 Å². The van der Waals surface area contributed by atoms with Crippen LogP contribution in [0.5, 0.6) is 0 Å². The predicted molar refractivity (Wildman–Crippen MR) is 68.3 cm³/mol. The number of hydrogen-bond acceptors (Lipinski definition) is 4. The average Bonchev–Trinajstić information content (AvgIpc) is 2.26. The summed E-state index contributed by atoms with van der Waals surface area (Å²) in [6.07, 6.45) is 0. The Morgan fingerprint density at radius 1 is 1.50 bits per heavy atom. The first-order chi connectivity index (χ1) is 8.24. The standard InChI is InChI=1S/C9H8Cl2N2O4S/c1-6(10)5-12-18(16,17)9-3-2-7(11)4-8(9)13(14)15/h2-4,12H,1,5H2. The third-order valence-corrected chi connectivity index (χ3v) is 3.68. The van der Waals surface area contributed by atoms with Gasteiger partial charge >= 0.3 is 0 Å². The van der Waals surface area contributed by atoms with Crippen LogP contribution in [0.1, 0.15) is 0 Å². The van der Waals surface area contributed by atoms with Crippen molar-refractivity contribution in [2.45, 2.75) is 4.90 Å². The van der Waals surface area contributed by atoms with E-state index in [0.29, 0.717) is 0 Å². The Kier molecular flexibility index (Phi) is 4.69. The van der Waals surface area contributed by atoms with Gasteiger partial charge in [0, 0.05) is 22.7 Å². The van der Waals surface area contributed by atoms with E-state index in [9.17, 15) is 18.5 Å². The zero-order valence-corrected chi connectivity index (χ0v) is 11.2. The lowest BCUT2D eigenvalue weighted by atomic mass is 10.3. The summed E-state index contributed by atoms with van der Waals surface area (Å²) >= 11 is 11.0.